The Hall–Kier alpha value is -0.160. The Morgan fingerprint density at radius 3 is 2.82 bits per heavy atom. The predicted octanol–water partition coefficient (Wildman–Crippen LogP) is 0.704. The molecule has 0 spiro atoms. The quantitative estimate of drug-likeness (QED) is 0.692. The van der Waals surface area contributed by atoms with E-state index in [-0.39, 0.29) is 6.10 Å². The first-order chi connectivity index (χ1) is 8.13. The Bertz CT molecular complexity index is 200. The van der Waals surface area contributed by atoms with E-state index in [1.54, 1.807) is 0 Å². The van der Waals surface area contributed by atoms with E-state index in [4.69, 9.17) is 4.74 Å². The molecule has 4 nitrogen and oxygen atoms in total. The smallest absolute Gasteiger partial charge is 0.0791 e. The number of ether oxygens (including phenoxy) is 1. The van der Waals surface area contributed by atoms with Crippen LogP contribution in [-0.4, -0.2) is 61.5 Å². The molecule has 0 saturated carbocycles. The summed E-state index contributed by atoms with van der Waals surface area (Å²) in [5.74, 6) is 0.633. The van der Waals surface area contributed by atoms with Gasteiger partial charge in [0.2, 0.25) is 0 Å². The van der Waals surface area contributed by atoms with Crippen LogP contribution in [0.2, 0.25) is 0 Å². The Morgan fingerprint density at radius 1 is 1.41 bits per heavy atom. The number of β-amino-alcohol motifs (C(OH)–C–C–N with tert-alkyl or cyclic N) is 1. The fraction of sp³-hybridized carbons (Fsp3) is 1.00. The molecule has 2 atom stereocenters. The van der Waals surface area contributed by atoms with E-state index in [0.29, 0.717) is 18.5 Å². The van der Waals surface area contributed by atoms with E-state index >= 15 is 0 Å². The molecule has 0 aromatic rings. The normalized spacial score (nSPS) is 24.2. The zero-order valence-corrected chi connectivity index (χ0v) is 11.5. The molecule has 1 aliphatic heterocycles. The topological polar surface area (TPSA) is 44.7 Å². The third-order valence-corrected chi connectivity index (χ3v) is 3.20. The largest absolute Gasteiger partial charge is 0.390 e. The maximum absolute atomic E-state index is 9.98. The van der Waals surface area contributed by atoms with E-state index in [9.17, 15) is 5.11 Å². The van der Waals surface area contributed by atoms with Gasteiger partial charge in [-0.1, -0.05) is 20.8 Å². The number of hydrogen-bond acceptors (Lipinski definition) is 4. The van der Waals surface area contributed by atoms with Crippen molar-refractivity contribution in [2.24, 2.45) is 5.92 Å². The molecule has 1 fully saturated rings. The summed E-state index contributed by atoms with van der Waals surface area (Å²) < 4.78 is 5.46. The molecule has 0 aromatic carbocycles. The standard InChI is InChI=1S/C13H28N2O2/c1-4-12-10-17-6-5-15(12)9-13(16)8-14-7-11(2)3/h11-14,16H,4-10H2,1-3H3. The first-order valence-corrected chi connectivity index (χ1v) is 6.84. The summed E-state index contributed by atoms with van der Waals surface area (Å²) in [7, 11) is 0. The molecule has 0 bridgehead atoms. The Kier molecular flexibility index (Phi) is 7.04. The van der Waals surface area contributed by atoms with Crippen molar-refractivity contribution in [3.63, 3.8) is 0 Å². The fourth-order valence-corrected chi connectivity index (χ4v) is 2.18. The minimum atomic E-state index is -0.277. The fourth-order valence-electron chi connectivity index (χ4n) is 2.18. The second-order valence-corrected chi connectivity index (χ2v) is 5.34. The Labute approximate surface area is 105 Å². The van der Waals surface area contributed by atoms with Crippen LogP contribution >= 0.6 is 0 Å². The van der Waals surface area contributed by atoms with Gasteiger partial charge in [-0.3, -0.25) is 4.90 Å². The number of nitrogens with one attached hydrogen (secondary N) is 1. The third kappa shape index (κ3) is 5.82. The molecule has 1 saturated heterocycles. The highest BCUT2D eigenvalue weighted by Crippen LogP contribution is 2.10. The second-order valence-electron chi connectivity index (χ2n) is 5.34. The average Bonchev–Trinajstić information content (AvgIpc) is 2.29. The van der Waals surface area contributed by atoms with Crippen LogP contribution in [0.15, 0.2) is 0 Å². The lowest BCUT2D eigenvalue weighted by molar-refractivity contribution is -0.0269. The summed E-state index contributed by atoms with van der Waals surface area (Å²) in [4.78, 5) is 2.35. The minimum Gasteiger partial charge on any atom is -0.390 e. The molecule has 1 rings (SSSR count). The molecule has 102 valence electrons. The number of rotatable bonds is 7. The van der Waals surface area contributed by atoms with Crippen LogP contribution in [-0.2, 0) is 4.74 Å². The molecule has 17 heavy (non-hydrogen) atoms. The summed E-state index contributed by atoms with van der Waals surface area (Å²) in [5, 5.41) is 13.3. The van der Waals surface area contributed by atoms with Crippen molar-refractivity contribution >= 4 is 0 Å². The zero-order chi connectivity index (χ0) is 12.7. The van der Waals surface area contributed by atoms with Crippen LogP contribution in [0.25, 0.3) is 0 Å². The van der Waals surface area contributed by atoms with E-state index in [0.717, 1.165) is 39.3 Å². The van der Waals surface area contributed by atoms with E-state index in [1.807, 2.05) is 0 Å². The highest BCUT2D eigenvalue weighted by molar-refractivity contribution is 4.77. The van der Waals surface area contributed by atoms with Crippen LogP contribution in [0.5, 0.6) is 0 Å². The highest BCUT2D eigenvalue weighted by Gasteiger charge is 2.23. The molecule has 0 radical (unpaired) electrons. The van der Waals surface area contributed by atoms with E-state index in [1.165, 1.54) is 0 Å². The molecule has 0 aliphatic carbocycles. The molecule has 1 aliphatic rings. The number of aliphatic hydroxyl groups is 1. The first kappa shape index (κ1) is 14.9. The van der Waals surface area contributed by atoms with Crippen molar-refractivity contribution in [2.75, 3.05) is 39.4 Å². The van der Waals surface area contributed by atoms with Gasteiger partial charge in [-0.15, -0.1) is 0 Å². The summed E-state index contributed by atoms with van der Waals surface area (Å²) in [6.07, 6.45) is 0.812. The molecular formula is C13H28N2O2. The molecule has 0 amide bonds. The van der Waals surface area contributed by atoms with Crippen molar-refractivity contribution in [1.82, 2.24) is 10.2 Å². The minimum absolute atomic E-state index is 0.277. The van der Waals surface area contributed by atoms with Crippen LogP contribution in [0, 0.1) is 5.92 Å². The van der Waals surface area contributed by atoms with Crippen LogP contribution in [0.3, 0.4) is 0 Å². The summed E-state index contributed by atoms with van der Waals surface area (Å²) >= 11 is 0. The monoisotopic (exact) mass is 244 g/mol. The van der Waals surface area contributed by atoms with Gasteiger partial charge in [0, 0.05) is 25.7 Å². The summed E-state index contributed by atoms with van der Waals surface area (Å²) in [6, 6.07) is 0.475. The molecule has 0 aromatic heterocycles. The summed E-state index contributed by atoms with van der Waals surface area (Å²) in [5.41, 5.74) is 0. The van der Waals surface area contributed by atoms with Gasteiger partial charge in [-0.25, -0.2) is 0 Å². The Balaban J connectivity index is 2.21. The molecular weight excluding hydrogens is 216 g/mol. The van der Waals surface area contributed by atoms with Gasteiger partial charge < -0.3 is 15.2 Å². The van der Waals surface area contributed by atoms with Crippen molar-refractivity contribution < 1.29 is 9.84 Å². The lowest BCUT2D eigenvalue weighted by Crippen LogP contribution is -2.49. The maximum Gasteiger partial charge on any atom is 0.0791 e. The SMILES string of the molecule is CCC1COCCN1CC(O)CNCC(C)C. The molecule has 4 heteroatoms. The second kappa shape index (κ2) is 8.03. The van der Waals surface area contributed by atoms with Crippen molar-refractivity contribution in [3.05, 3.63) is 0 Å². The van der Waals surface area contributed by atoms with Crippen molar-refractivity contribution in [1.29, 1.82) is 0 Å². The van der Waals surface area contributed by atoms with Crippen LogP contribution < -0.4 is 5.32 Å². The highest BCUT2D eigenvalue weighted by atomic mass is 16.5. The number of aliphatic hydroxyl groups excluding tert-OH is 1. The van der Waals surface area contributed by atoms with Gasteiger partial charge in [-0.2, -0.15) is 0 Å². The number of hydrogen-bond donors (Lipinski definition) is 2. The maximum atomic E-state index is 9.98. The first-order valence-electron chi connectivity index (χ1n) is 6.84. The van der Waals surface area contributed by atoms with E-state index < -0.39 is 0 Å². The van der Waals surface area contributed by atoms with E-state index in [2.05, 4.69) is 31.0 Å². The van der Waals surface area contributed by atoms with Gasteiger partial charge in [0.25, 0.3) is 0 Å². The molecule has 2 N–H and O–H groups in total. The zero-order valence-electron chi connectivity index (χ0n) is 11.5. The lowest BCUT2D eigenvalue weighted by atomic mass is 10.1. The van der Waals surface area contributed by atoms with Crippen LogP contribution in [0.4, 0.5) is 0 Å². The molecule has 2 unspecified atom stereocenters. The van der Waals surface area contributed by atoms with Gasteiger partial charge >= 0.3 is 0 Å². The Morgan fingerprint density at radius 2 is 2.18 bits per heavy atom. The van der Waals surface area contributed by atoms with Crippen molar-refractivity contribution in [2.45, 2.75) is 39.3 Å². The summed E-state index contributed by atoms with van der Waals surface area (Å²) in [6.45, 7) is 11.5. The average molecular weight is 244 g/mol. The third-order valence-electron chi connectivity index (χ3n) is 3.20. The van der Waals surface area contributed by atoms with Gasteiger partial charge in [-0.05, 0) is 18.9 Å². The van der Waals surface area contributed by atoms with Crippen LogP contribution in [0.1, 0.15) is 27.2 Å². The number of morpholine rings is 1. The van der Waals surface area contributed by atoms with Crippen molar-refractivity contribution in [3.8, 4) is 0 Å². The molecule has 1 heterocycles. The predicted molar refractivity (Wildman–Crippen MR) is 70.2 cm³/mol. The van der Waals surface area contributed by atoms with Gasteiger partial charge in [0.1, 0.15) is 0 Å². The number of nitrogens with zero attached hydrogens (tertiary/aromatic N) is 1. The van der Waals surface area contributed by atoms with Gasteiger partial charge in [0.05, 0.1) is 19.3 Å². The van der Waals surface area contributed by atoms with Gasteiger partial charge in [0.15, 0.2) is 0 Å². The lowest BCUT2D eigenvalue weighted by Gasteiger charge is -2.36.